The molecule has 29 heavy (non-hydrogen) atoms. The molecule has 162 valence electrons. The van der Waals surface area contributed by atoms with Crippen LogP contribution < -0.4 is 19.1 Å². The van der Waals surface area contributed by atoms with Crippen molar-refractivity contribution in [2.24, 2.45) is 5.92 Å². The fourth-order valence-corrected chi connectivity index (χ4v) is 4.44. The van der Waals surface area contributed by atoms with E-state index in [0.29, 0.717) is 36.9 Å². The molecule has 9 heteroatoms. The number of carbonyl (C=O) groups is 1. The quantitative estimate of drug-likeness (QED) is 0.635. The van der Waals surface area contributed by atoms with Gasteiger partial charge < -0.3 is 19.7 Å². The van der Waals surface area contributed by atoms with Crippen molar-refractivity contribution in [3.05, 3.63) is 18.2 Å². The molecule has 2 aliphatic heterocycles. The Morgan fingerprint density at radius 2 is 1.90 bits per heavy atom. The first kappa shape index (κ1) is 21.7. The van der Waals surface area contributed by atoms with E-state index in [1.807, 2.05) is 0 Å². The maximum Gasteiger partial charge on any atom is 0.240 e. The summed E-state index contributed by atoms with van der Waals surface area (Å²) < 4.78 is 36.6. The third kappa shape index (κ3) is 6.24. The Labute approximate surface area is 173 Å². The number of nitrogens with zero attached hydrogens (tertiary/aromatic N) is 2. The monoisotopic (exact) mass is 425 g/mol. The molecule has 8 nitrogen and oxygen atoms in total. The molecule has 0 atom stereocenters. The molecule has 1 saturated heterocycles. The number of hydrogen-bond donors (Lipinski definition) is 1. The van der Waals surface area contributed by atoms with Crippen LogP contribution in [-0.2, 0) is 14.8 Å². The first-order chi connectivity index (χ1) is 13.8. The average Bonchev–Trinajstić information content (AvgIpc) is 2.69. The molecule has 3 rings (SSSR count). The summed E-state index contributed by atoms with van der Waals surface area (Å²) in [4.78, 5) is 14.8. The van der Waals surface area contributed by atoms with Gasteiger partial charge in [0.1, 0.15) is 19.8 Å². The normalized spacial score (nSPS) is 17.7. The summed E-state index contributed by atoms with van der Waals surface area (Å²) in [5, 5.41) is 2.84. The molecule has 0 aromatic heterocycles. The lowest BCUT2D eigenvalue weighted by Gasteiger charge is -2.30. The van der Waals surface area contributed by atoms with Crippen LogP contribution in [0.3, 0.4) is 0 Å². The van der Waals surface area contributed by atoms with Gasteiger partial charge in [-0.15, -0.1) is 0 Å². The summed E-state index contributed by atoms with van der Waals surface area (Å²) in [6.45, 7) is 6.59. The van der Waals surface area contributed by atoms with E-state index >= 15 is 0 Å². The van der Waals surface area contributed by atoms with Crippen LogP contribution in [0.15, 0.2) is 18.2 Å². The summed E-state index contributed by atoms with van der Waals surface area (Å²) in [6.07, 6.45) is 4.40. The Kier molecular flexibility index (Phi) is 7.23. The van der Waals surface area contributed by atoms with E-state index in [2.05, 4.69) is 17.1 Å². The number of anilines is 1. The van der Waals surface area contributed by atoms with Gasteiger partial charge in [-0.05, 0) is 56.9 Å². The molecule has 1 N–H and O–H groups in total. The molecular weight excluding hydrogens is 394 g/mol. The van der Waals surface area contributed by atoms with Crippen LogP contribution in [-0.4, -0.2) is 71.4 Å². The van der Waals surface area contributed by atoms with Crippen molar-refractivity contribution in [3.8, 4) is 11.5 Å². The second-order valence-corrected chi connectivity index (χ2v) is 9.73. The number of benzene rings is 1. The van der Waals surface area contributed by atoms with Crippen LogP contribution in [0.2, 0.25) is 0 Å². The van der Waals surface area contributed by atoms with Crippen molar-refractivity contribution in [2.45, 2.75) is 26.2 Å². The van der Waals surface area contributed by atoms with E-state index in [1.54, 1.807) is 18.2 Å². The first-order valence-corrected chi connectivity index (χ1v) is 12.0. The van der Waals surface area contributed by atoms with Gasteiger partial charge in [0.05, 0.1) is 11.9 Å². The van der Waals surface area contributed by atoms with Gasteiger partial charge in [-0.2, -0.15) is 0 Å². The Morgan fingerprint density at radius 3 is 2.59 bits per heavy atom. The summed E-state index contributed by atoms with van der Waals surface area (Å²) in [5.74, 6) is 1.54. The van der Waals surface area contributed by atoms with Crippen LogP contribution >= 0.6 is 0 Å². The van der Waals surface area contributed by atoms with Crippen molar-refractivity contribution in [1.29, 1.82) is 0 Å². The molecule has 0 spiro atoms. The highest BCUT2D eigenvalue weighted by molar-refractivity contribution is 7.92. The highest BCUT2D eigenvalue weighted by Gasteiger charge is 2.23. The molecule has 0 radical (unpaired) electrons. The molecule has 2 aliphatic rings. The lowest BCUT2D eigenvalue weighted by Crippen LogP contribution is -2.41. The third-order valence-electron chi connectivity index (χ3n) is 5.35. The van der Waals surface area contributed by atoms with Crippen LogP contribution in [0.25, 0.3) is 0 Å². The number of carbonyl (C=O) groups excluding carboxylic acids is 1. The lowest BCUT2D eigenvalue weighted by molar-refractivity contribution is -0.119. The maximum atomic E-state index is 12.4. The third-order valence-corrected chi connectivity index (χ3v) is 6.49. The van der Waals surface area contributed by atoms with Gasteiger partial charge in [-0.3, -0.25) is 9.10 Å². The van der Waals surface area contributed by atoms with Crippen LogP contribution in [0.1, 0.15) is 26.2 Å². The Bertz CT molecular complexity index is 806. The number of ether oxygens (including phenoxy) is 2. The van der Waals surface area contributed by atoms with Crippen molar-refractivity contribution in [1.82, 2.24) is 10.2 Å². The van der Waals surface area contributed by atoms with E-state index in [4.69, 9.17) is 9.47 Å². The highest BCUT2D eigenvalue weighted by atomic mass is 32.2. The summed E-state index contributed by atoms with van der Waals surface area (Å²) in [5.41, 5.74) is 0.384. The number of likely N-dealkylation sites (tertiary alicyclic amines) is 1. The van der Waals surface area contributed by atoms with Crippen molar-refractivity contribution in [2.75, 3.05) is 56.5 Å². The van der Waals surface area contributed by atoms with Crippen molar-refractivity contribution >= 4 is 21.6 Å². The molecule has 0 saturated carbocycles. The zero-order valence-electron chi connectivity index (χ0n) is 17.2. The fourth-order valence-electron chi connectivity index (χ4n) is 3.59. The minimum absolute atomic E-state index is 0.264. The number of fused-ring (bicyclic) bond motifs is 1. The van der Waals surface area contributed by atoms with E-state index in [9.17, 15) is 13.2 Å². The standard InChI is InChI=1S/C20H31N3O5S/c1-16-6-10-22(11-7-16)9-3-8-21-20(24)15-23(29(2,25)26)17-4-5-18-19(14-17)28-13-12-27-18/h4-5,14,16H,3,6-13,15H2,1-2H3,(H,21,24). The van der Waals surface area contributed by atoms with Crippen LogP contribution in [0.4, 0.5) is 5.69 Å². The molecule has 0 unspecified atom stereocenters. The van der Waals surface area contributed by atoms with Gasteiger partial charge >= 0.3 is 0 Å². The molecular formula is C20H31N3O5S. The molecule has 1 aromatic carbocycles. The van der Waals surface area contributed by atoms with Gasteiger partial charge in [-0.25, -0.2) is 8.42 Å². The minimum atomic E-state index is -3.62. The van der Waals surface area contributed by atoms with Crippen LogP contribution in [0, 0.1) is 5.92 Å². The maximum absolute atomic E-state index is 12.4. The molecule has 2 heterocycles. The number of rotatable bonds is 8. The lowest BCUT2D eigenvalue weighted by atomic mass is 9.99. The van der Waals surface area contributed by atoms with Crippen LogP contribution in [0.5, 0.6) is 11.5 Å². The van der Waals surface area contributed by atoms with Gasteiger partial charge in [0.15, 0.2) is 11.5 Å². The number of piperidine rings is 1. The van der Waals surface area contributed by atoms with E-state index in [-0.39, 0.29) is 12.5 Å². The zero-order chi connectivity index (χ0) is 20.9. The van der Waals surface area contributed by atoms with E-state index in [0.717, 1.165) is 42.5 Å². The minimum Gasteiger partial charge on any atom is -0.486 e. The van der Waals surface area contributed by atoms with E-state index < -0.39 is 10.0 Å². The average molecular weight is 426 g/mol. The molecule has 0 aliphatic carbocycles. The van der Waals surface area contributed by atoms with Gasteiger partial charge in [0.2, 0.25) is 15.9 Å². The molecule has 1 fully saturated rings. The van der Waals surface area contributed by atoms with Gasteiger partial charge in [0, 0.05) is 12.6 Å². The molecule has 0 bridgehead atoms. The number of sulfonamides is 1. The Hall–Kier alpha value is -2.00. The second kappa shape index (κ2) is 9.67. The summed E-state index contributed by atoms with van der Waals surface area (Å²) in [6, 6.07) is 4.89. The predicted octanol–water partition coefficient (Wildman–Crippen LogP) is 1.46. The second-order valence-electron chi connectivity index (χ2n) is 7.83. The molecule has 1 amide bonds. The summed E-state index contributed by atoms with van der Waals surface area (Å²) >= 11 is 0. The largest absolute Gasteiger partial charge is 0.486 e. The number of amides is 1. The predicted molar refractivity (Wildman–Crippen MR) is 112 cm³/mol. The zero-order valence-corrected chi connectivity index (χ0v) is 18.0. The van der Waals surface area contributed by atoms with Crippen molar-refractivity contribution in [3.63, 3.8) is 0 Å². The van der Waals surface area contributed by atoms with Gasteiger partial charge in [0.25, 0.3) is 0 Å². The van der Waals surface area contributed by atoms with E-state index in [1.165, 1.54) is 12.8 Å². The first-order valence-electron chi connectivity index (χ1n) is 10.2. The van der Waals surface area contributed by atoms with Gasteiger partial charge in [-0.1, -0.05) is 6.92 Å². The number of hydrogen-bond acceptors (Lipinski definition) is 6. The SMILES string of the molecule is CC1CCN(CCCNC(=O)CN(c2ccc3c(c2)OCCO3)S(C)(=O)=O)CC1. The molecule has 1 aromatic rings. The number of nitrogens with one attached hydrogen (secondary N) is 1. The Morgan fingerprint density at radius 1 is 1.21 bits per heavy atom. The highest BCUT2D eigenvalue weighted by Crippen LogP contribution is 2.34. The summed E-state index contributed by atoms with van der Waals surface area (Å²) in [7, 11) is -3.62. The fraction of sp³-hybridized carbons (Fsp3) is 0.650. The topological polar surface area (TPSA) is 88.2 Å². The van der Waals surface area contributed by atoms with Crippen molar-refractivity contribution < 1.29 is 22.7 Å². The smallest absolute Gasteiger partial charge is 0.240 e. The Balaban J connectivity index is 1.52.